The number of amides is 1. The second kappa shape index (κ2) is 7.09. The number of hydrazine groups is 1. The molecule has 0 saturated heterocycles. The summed E-state index contributed by atoms with van der Waals surface area (Å²) in [5.41, 5.74) is 1.03. The van der Waals surface area contributed by atoms with Crippen LogP contribution in [0.2, 0.25) is 0 Å². The summed E-state index contributed by atoms with van der Waals surface area (Å²) >= 11 is 0. The molecule has 0 bridgehead atoms. The van der Waals surface area contributed by atoms with E-state index in [1.165, 1.54) is 17.9 Å². The molecule has 0 radical (unpaired) electrons. The number of nitrogens with zero attached hydrogens (tertiary/aromatic N) is 2. The molecule has 1 aromatic carbocycles. The van der Waals surface area contributed by atoms with Crippen LogP contribution in [0.15, 0.2) is 12.1 Å². The number of aromatic amines is 1. The average Bonchev–Trinajstić information content (AvgIpc) is 2.82. The predicted molar refractivity (Wildman–Crippen MR) is 91.0 cm³/mol. The number of carbonyl (C=O) groups is 1. The van der Waals surface area contributed by atoms with Crippen LogP contribution in [0.1, 0.15) is 49.0 Å². The zero-order chi connectivity index (χ0) is 17.1. The Morgan fingerprint density at radius 3 is 2.42 bits per heavy atom. The highest BCUT2D eigenvalue weighted by Gasteiger charge is 2.26. The number of H-pyrrole nitrogens is 1. The van der Waals surface area contributed by atoms with E-state index in [4.69, 9.17) is 15.3 Å². The van der Waals surface area contributed by atoms with Crippen LogP contribution < -0.4 is 15.3 Å². The van der Waals surface area contributed by atoms with Crippen LogP contribution >= 0.6 is 0 Å². The van der Waals surface area contributed by atoms with Crippen molar-refractivity contribution in [2.24, 2.45) is 5.84 Å². The van der Waals surface area contributed by atoms with Crippen LogP contribution in [-0.2, 0) is 0 Å². The van der Waals surface area contributed by atoms with Gasteiger partial charge in [0.05, 0.1) is 19.7 Å². The molecule has 0 aliphatic heterocycles. The number of nitrogens with two attached hydrogens (primary N) is 1. The molecular formula is C17H24N4O3. The lowest BCUT2D eigenvalue weighted by molar-refractivity contribution is 0.0655. The predicted octanol–water partition coefficient (Wildman–Crippen LogP) is 2.62. The first-order chi connectivity index (χ1) is 11.7. The Hall–Kier alpha value is -2.28. The van der Waals surface area contributed by atoms with E-state index < -0.39 is 0 Å². The van der Waals surface area contributed by atoms with E-state index >= 15 is 0 Å². The number of nitrogens with one attached hydrogen (secondary N) is 1. The van der Waals surface area contributed by atoms with Gasteiger partial charge in [-0.05, 0) is 18.9 Å². The number of rotatable bonds is 4. The minimum atomic E-state index is -0.264. The fourth-order valence-corrected chi connectivity index (χ4v) is 3.33. The molecule has 0 spiro atoms. The van der Waals surface area contributed by atoms with Crippen molar-refractivity contribution in [2.45, 2.75) is 44.6 Å². The van der Waals surface area contributed by atoms with Gasteiger partial charge in [0.15, 0.2) is 17.2 Å². The van der Waals surface area contributed by atoms with Gasteiger partial charge in [0.25, 0.3) is 5.91 Å². The third-order valence-corrected chi connectivity index (χ3v) is 4.72. The number of hydrogen-bond donors (Lipinski definition) is 2. The zero-order valence-electron chi connectivity index (χ0n) is 14.2. The standard InChI is InChI=1S/C17H24N4O3/c1-23-14-9-12-13(10-15(14)24-2)19-20-16(12)17(22)21(18)11-7-5-3-4-6-8-11/h9-11H,3-8,18H2,1-2H3,(H,19,20). The summed E-state index contributed by atoms with van der Waals surface area (Å²) in [7, 11) is 3.13. The van der Waals surface area contributed by atoms with Crippen LogP contribution in [0, 0.1) is 0 Å². The summed E-state index contributed by atoms with van der Waals surface area (Å²) in [4.78, 5) is 12.8. The highest BCUT2D eigenvalue weighted by molar-refractivity contribution is 6.05. The molecule has 0 unspecified atom stereocenters. The number of methoxy groups -OCH3 is 2. The van der Waals surface area contributed by atoms with Gasteiger partial charge >= 0.3 is 0 Å². The van der Waals surface area contributed by atoms with E-state index in [1.807, 2.05) is 0 Å². The normalized spacial score (nSPS) is 16.0. The Labute approximate surface area is 141 Å². The van der Waals surface area contributed by atoms with E-state index in [0.29, 0.717) is 28.1 Å². The maximum absolute atomic E-state index is 12.8. The Morgan fingerprint density at radius 2 is 1.79 bits per heavy atom. The van der Waals surface area contributed by atoms with Gasteiger partial charge < -0.3 is 9.47 Å². The first kappa shape index (κ1) is 16.6. The summed E-state index contributed by atoms with van der Waals surface area (Å²) in [6.45, 7) is 0. The van der Waals surface area contributed by atoms with Crippen molar-refractivity contribution in [1.29, 1.82) is 0 Å². The summed E-state index contributed by atoms with van der Waals surface area (Å²) in [5, 5.41) is 9.10. The van der Waals surface area contributed by atoms with Crippen molar-refractivity contribution in [1.82, 2.24) is 15.2 Å². The summed E-state index contributed by atoms with van der Waals surface area (Å²) in [6.07, 6.45) is 6.53. The molecule has 1 fully saturated rings. The molecule has 0 atom stereocenters. The maximum atomic E-state index is 12.8. The lowest BCUT2D eigenvalue weighted by Crippen LogP contribution is -2.45. The first-order valence-electron chi connectivity index (χ1n) is 8.34. The molecule has 3 rings (SSSR count). The summed E-state index contributed by atoms with van der Waals surface area (Å²) in [5.74, 6) is 7.02. The van der Waals surface area contributed by atoms with Crippen molar-refractivity contribution < 1.29 is 14.3 Å². The summed E-state index contributed by atoms with van der Waals surface area (Å²) < 4.78 is 10.6. The van der Waals surface area contributed by atoms with Gasteiger partial charge in [0, 0.05) is 17.5 Å². The minimum Gasteiger partial charge on any atom is -0.493 e. The molecule has 7 nitrogen and oxygen atoms in total. The SMILES string of the molecule is COc1cc2[nH]nc(C(=O)N(N)C3CCCCCC3)c2cc1OC. The van der Waals surface area contributed by atoms with Gasteiger partial charge in [0.2, 0.25) is 0 Å². The zero-order valence-corrected chi connectivity index (χ0v) is 14.2. The van der Waals surface area contributed by atoms with Crippen molar-refractivity contribution in [2.75, 3.05) is 14.2 Å². The lowest BCUT2D eigenvalue weighted by atomic mass is 10.1. The monoisotopic (exact) mass is 332 g/mol. The quantitative estimate of drug-likeness (QED) is 0.388. The number of hydrogen-bond acceptors (Lipinski definition) is 5. The smallest absolute Gasteiger partial charge is 0.289 e. The second-order valence-electron chi connectivity index (χ2n) is 6.18. The number of benzene rings is 1. The minimum absolute atomic E-state index is 0.0758. The lowest BCUT2D eigenvalue weighted by Gasteiger charge is -2.25. The average molecular weight is 332 g/mol. The highest BCUT2D eigenvalue weighted by Crippen LogP contribution is 2.33. The van der Waals surface area contributed by atoms with E-state index in [-0.39, 0.29) is 11.9 Å². The van der Waals surface area contributed by atoms with Crippen LogP contribution in [0.25, 0.3) is 10.9 Å². The Balaban J connectivity index is 1.91. The van der Waals surface area contributed by atoms with Crippen LogP contribution in [0.5, 0.6) is 11.5 Å². The Bertz CT molecular complexity index is 720. The van der Waals surface area contributed by atoms with E-state index in [2.05, 4.69) is 10.2 Å². The van der Waals surface area contributed by atoms with Crippen LogP contribution in [0.3, 0.4) is 0 Å². The Morgan fingerprint density at radius 1 is 1.17 bits per heavy atom. The molecule has 7 heteroatoms. The van der Waals surface area contributed by atoms with Crippen molar-refractivity contribution >= 4 is 16.8 Å². The molecule has 1 amide bonds. The van der Waals surface area contributed by atoms with Crippen molar-refractivity contribution in [3.63, 3.8) is 0 Å². The number of ether oxygens (including phenoxy) is 2. The van der Waals surface area contributed by atoms with Crippen molar-refractivity contribution in [3.8, 4) is 11.5 Å². The molecule has 1 aromatic heterocycles. The molecule has 3 N–H and O–H groups in total. The molecule has 130 valence electrons. The van der Waals surface area contributed by atoms with Gasteiger partial charge in [-0.15, -0.1) is 0 Å². The topological polar surface area (TPSA) is 93.5 Å². The van der Waals surface area contributed by atoms with Crippen LogP contribution in [-0.4, -0.2) is 41.4 Å². The van der Waals surface area contributed by atoms with E-state index in [9.17, 15) is 4.79 Å². The number of fused-ring (bicyclic) bond motifs is 1. The van der Waals surface area contributed by atoms with Gasteiger partial charge in [0.1, 0.15) is 0 Å². The maximum Gasteiger partial charge on any atom is 0.289 e. The van der Waals surface area contributed by atoms with Gasteiger partial charge in [-0.1, -0.05) is 25.7 Å². The molecular weight excluding hydrogens is 308 g/mol. The van der Waals surface area contributed by atoms with Crippen molar-refractivity contribution in [3.05, 3.63) is 17.8 Å². The number of carbonyl (C=O) groups excluding carboxylic acids is 1. The highest BCUT2D eigenvalue weighted by atomic mass is 16.5. The molecule has 1 saturated carbocycles. The summed E-state index contributed by atoms with van der Waals surface area (Å²) in [6, 6.07) is 3.60. The first-order valence-corrected chi connectivity index (χ1v) is 8.34. The van der Waals surface area contributed by atoms with Crippen LogP contribution in [0.4, 0.5) is 0 Å². The second-order valence-corrected chi connectivity index (χ2v) is 6.18. The van der Waals surface area contributed by atoms with E-state index in [0.717, 1.165) is 25.7 Å². The van der Waals surface area contributed by atoms with Gasteiger partial charge in [-0.3, -0.25) is 14.9 Å². The third kappa shape index (κ3) is 3.03. The van der Waals surface area contributed by atoms with E-state index in [1.54, 1.807) is 26.4 Å². The molecule has 1 aliphatic carbocycles. The number of aromatic nitrogens is 2. The van der Waals surface area contributed by atoms with Gasteiger partial charge in [-0.2, -0.15) is 5.10 Å². The fourth-order valence-electron chi connectivity index (χ4n) is 3.33. The van der Waals surface area contributed by atoms with Gasteiger partial charge in [-0.25, -0.2) is 5.84 Å². The Kier molecular flexibility index (Phi) is 4.89. The largest absolute Gasteiger partial charge is 0.493 e. The molecule has 1 heterocycles. The molecule has 24 heavy (non-hydrogen) atoms. The molecule has 1 aliphatic rings. The third-order valence-electron chi connectivity index (χ3n) is 4.72. The fraction of sp³-hybridized carbons (Fsp3) is 0.529. The molecule has 2 aromatic rings.